The van der Waals surface area contributed by atoms with E-state index in [-0.39, 0.29) is 41.3 Å². The number of β-lactam (4-membered cyclic amide) rings is 1. The number of thioether (sulfide) groups is 1. The molecule has 0 aromatic heterocycles. The Morgan fingerprint density at radius 2 is 2.00 bits per heavy atom. The van der Waals surface area contributed by atoms with Gasteiger partial charge in [0.1, 0.15) is 5.70 Å². The molecule has 7 atom stereocenters. The summed E-state index contributed by atoms with van der Waals surface area (Å²) in [5.74, 6) is -5.32. The Bertz CT molecular complexity index is 1170. The zero-order valence-corrected chi connectivity index (χ0v) is 23.3. The van der Waals surface area contributed by atoms with Crippen molar-refractivity contribution in [3.8, 4) is 0 Å². The first-order chi connectivity index (χ1) is 19.3. The lowest BCUT2D eigenvalue weighted by Crippen LogP contribution is -2.66. The van der Waals surface area contributed by atoms with Gasteiger partial charge in [-0.3, -0.25) is 24.6 Å². The Morgan fingerprint density at radius 3 is 2.63 bits per heavy atom. The Kier molecular flexibility index (Phi) is 9.06. The van der Waals surface area contributed by atoms with Crippen LogP contribution in [-0.4, -0.2) is 112 Å². The second-order valence-electron chi connectivity index (χ2n) is 10.7. The van der Waals surface area contributed by atoms with Crippen LogP contribution in [0.3, 0.4) is 0 Å². The fraction of sp³-hybridized carbons (Fsp3) is 0.667. The molecule has 0 radical (unpaired) electrons. The molecule has 1 unspecified atom stereocenters. The Morgan fingerprint density at radius 1 is 1.29 bits per heavy atom. The molecule has 4 rings (SSSR count). The number of nitrogens with zero attached hydrogens (tertiary/aromatic N) is 2. The minimum Gasteiger partial charge on any atom is -0.477 e. The van der Waals surface area contributed by atoms with Crippen molar-refractivity contribution in [1.82, 2.24) is 31.1 Å². The number of nitrogens with one attached hydrogen (secondary N) is 5. The third-order valence-electron chi connectivity index (χ3n) is 7.88. The Balaban J connectivity index is 1.34. The van der Waals surface area contributed by atoms with E-state index in [4.69, 9.17) is 11.1 Å². The molecule has 3 saturated heterocycles. The molecule has 0 aliphatic carbocycles. The molecule has 4 heterocycles. The van der Waals surface area contributed by atoms with Crippen LogP contribution in [0.15, 0.2) is 10.6 Å². The van der Waals surface area contributed by atoms with E-state index in [0.29, 0.717) is 37.4 Å². The summed E-state index contributed by atoms with van der Waals surface area (Å²) < 4.78 is 25.4. The van der Waals surface area contributed by atoms with E-state index >= 15 is 0 Å². The molecule has 8 N–H and O–H groups in total. The van der Waals surface area contributed by atoms with Crippen molar-refractivity contribution in [3.63, 3.8) is 0 Å². The minimum atomic E-state index is -3.23. The van der Waals surface area contributed by atoms with Gasteiger partial charge in [-0.05, 0) is 19.8 Å². The van der Waals surface area contributed by atoms with Gasteiger partial charge in [-0.2, -0.15) is 8.78 Å². The molecule has 4 amide bonds. The number of alkyl halides is 2. The molecule has 0 aromatic rings. The van der Waals surface area contributed by atoms with Gasteiger partial charge in [-0.15, -0.1) is 11.8 Å². The smallest absolute Gasteiger partial charge is 0.353 e. The fourth-order valence-electron chi connectivity index (χ4n) is 5.99. The summed E-state index contributed by atoms with van der Waals surface area (Å²) in [6.07, 6.45) is -2.22. The van der Waals surface area contributed by atoms with Crippen molar-refractivity contribution in [2.45, 2.75) is 62.5 Å². The summed E-state index contributed by atoms with van der Waals surface area (Å²) in [6.45, 7) is 4.32. The number of carbonyl (C=O) groups is 5. The van der Waals surface area contributed by atoms with Crippen molar-refractivity contribution in [3.05, 3.63) is 10.6 Å². The molecule has 3 fully saturated rings. The number of guanidine groups is 1. The Hall–Kier alpha value is -3.47. The van der Waals surface area contributed by atoms with Crippen LogP contribution in [0, 0.1) is 17.2 Å². The van der Waals surface area contributed by atoms with E-state index in [1.807, 2.05) is 0 Å². The standard InChI is InChI=1S/C24H34F2N8O6S/c1-9-16-15(10(2)31-20(36)19(25)26)22(38)34(16)17(23(39)40)18(9)41-12-5-13(29-6-12)21(37)33-4-3-11(8-33)32-14(35)7-30-24(27)28/h9-13,15-16,19,29H,3-8H2,1-2H3,(H,31,36)(H,32,35)(H,39,40)(H4,27,28,30)/t9-,10?,11+,12+,13+,15-,16-/m1/s1. The number of aliphatic carboxylic acids is 1. The van der Waals surface area contributed by atoms with Gasteiger partial charge >= 0.3 is 12.4 Å². The molecular weight excluding hydrogens is 566 g/mol. The molecule has 0 bridgehead atoms. The van der Waals surface area contributed by atoms with Crippen LogP contribution in [0.25, 0.3) is 0 Å². The van der Waals surface area contributed by atoms with Crippen molar-refractivity contribution < 1.29 is 37.9 Å². The van der Waals surface area contributed by atoms with Crippen LogP contribution in [-0.2, 0) is 24.0 Å². The molecule has 0 saturated carbocycles. The third kappa shape index (κ3) is 6.24. The van der Waals surface area contributed by atoms with Crippen molar-refractivity contribution in [1.29, 1.82) is 5.41 Å². The average Bonchev–Trinajstić information content (AvgIpc) is 3.61. The van der Waals surface area contributed by atoms with Crippen LogP contribution >= 0.6 is 11.8 Å². The van der Waals surface area contributed by atoms with Gasteiger partial charge in [0, 0.05) is 47.8 Å². The number of rotatable bonds is 10. The first-order valence-electron chi connectivity index (χ1n) is 13.2. The normalized spacial score (nSPS) is 29.7. The zero-order valence-electron chi connectivity index (χ0n) is 22.5. The van der Waals surface area contributed by atoms with E-state index in [1.54, 1.807) is 11.8 Å². The Labute approximate surface area is 238 Å². The lowest BCUT2D eigenvalue weighted by molar-refractivity contribution is -0.159. The second kappa shape index (κ2) is 12.2. The van der Waals surface area contributed by atoms with Gasteiger partial charge in [0.15, 0.2) is 5.96 Å². The highest BCUT2D eigenvalue weighted by molar-refractivity contribution is 8.03. The third-order valence-corrected chi connectivity index (χ3v) is 9.40. The number of hydrogen-bond donors (Lipinski definition) is 7. The first-order valence-corrected chi connectivity index (χ1v) is 14.1. The maximum absolute atomic E-state index is 13.2. The van der Waals surface area contributed by atoms with Gasteiger partial charge in [-0.1, -0.05) is 6.92 Å². The lowest BCUT2D eigenvalue weighted by Gasteiger charge is -2.47. The van der Waals surface area contributed by atoms with Crippen LogP contribution < -0.4 is 27.0 Å². The van der Waals surface area contributed by atoms with Gasteiger partial charge in [0.05, 0.1) is 24.5 Å². The number of fused-ring (bicyclic) bond motifs is 1. The number of amides is 4. The van der Waals surface area contributed by atoms with Crippen molar-refractivity contribution in [2.75, 3.05) is 26.2 Å². The molecule has 0 aromatic carbocycles. The molecule has 4 aliphatic rings. The van der Waals surface area contributed by atoms with E-state index in [2.05, 4.69) is 21.3 Å². The van der Waals surface area contributed by atoms with E-state index < -0.39 is 54.2 Å². The van der Waals surface area contributed by atoms with Crippen molar-refractivity contribution in [2.24, 2.45) is 17.6 Å². The predicted molar refractivity (Wildman–Crippen MR) is 142 cm³/mol. The summed E-state index contributed by atoms with van der Waals surface area (Å²) in [6, 6.07) is -2.21. The van der Waals surface area contributed by atoms with Gasteiger partial charge < -0.3 is 41.9 Å². The van der Waals surface area contributed by atoms with Crippen LogP contribution in [0.4, 0.5) is 8.78 Å². The topological polar surface area (TPSA) is 210 Å². The number of halogens is 2. The van der Waals surface area contributed by atoms with Crippen LogP contribution in [0.5, 0.6) is 0 Å². The highest BCUT2D eigenvalue weighted by Crippen LogP contribution is 2.51. The maximum atomic E-state index is 13.2. The number of nitrogens with two attached hydrogens (primary N) is 1. The maximum Gasteiger partial charge on any atom is 0.353 e. The summed E-state index contributed by atoms with van der Waals surface area (Å²) in [7, 11) is 0. The number of carboxylic acid groups (broad SMARTS) is 1. The number of carboxylic acids is 1. The molecule has 0 spiro atoms. The molecule has 4 aliphatic heterocycles. The van der Waals surface area contributed by atoms with Crippen molar-refractivity contribution >= 4 is 47.3 Å². The number of likely N-dealkylation sites (tertiary alicyclic amines) is 1. The monoisotopic (exact) mass is 600 g/mol. The second-order valence-corrected chi connectivity index (χ2v) is 12.0. The highest BCUT2D eigenvalue weighted by atomic mass is 32.2. The minimum absolute atomic E-state index is 0.124. The van der Waals surface area contributed by atoms with Gasteiger partial charge in [-0.25, -0.2) is 4.79 Å². The quantitative estimate of drug-likeness (QED) is 0.0849. The average molecular weight is 601 g/mol. The van der Waals surface area contributed by atoms with Crippen LogP contribution in [0.1, 0.15) is 26.7 Å². The summed E-state index contributed by atoms with van der Waals surface area (Å²) in [4.78, 5) is 65.0. The van der Waals surface area contributed by atoms with E-state index in [0.717, 1.165) is 0 Å². The molecule has 41 heavy (non-hydrogen) atoms. The first kappa shape index (κ1) is 30.5. The summed E-state index contributed by atoms with van der Waals surface area (Å²) in [5.41, 5.74) is 5.04. The summed E-state index contributed by atoms with van der Waals surface area (Å²) in [5, 5.41) is 27.5. The zero-order chi connectivity index (χ0) is 30.2. The molecule has 226 valence electrons. The largest absolute Gasteiger partial charge is 0.477 e. The number of carbonyl (C=O) groups excluding carboxylic acids is 4. The summed E-state index contributed by atoms with van der Waals surface area (Å²) >= 11 is 1.29. The molecule has 17 heteroatoms. The van der Waals surface area contributed by atoms with Gasteiger partial charge in [0.25, 0.3) is 5.91 Å². The SMILES string of the molecule is CC(NC(=O)C(F)F)[C@H]1C(=O)N2C(C(=O)O)=C(S[C@@H]3CN[C@H](C(=O)N4CC[C@H](NC(=O)CNC(=N)N)C4)C3)[C@H](C)[C@H]12. The molecule has 14 nitrogen and oxygen atoms in total. The van der Waals surface area contributed by atoms with E-state index in [9.17, 15) is 37.9 Å². The number of hydrogen-bond acceptors (Lipinski definition) is 8. The van der Waals surface area contributed by atoms with E-state index in [1.165, 1.54) is 23.6 Å². The van der Waals surface area contributed by atoms with Gasteiger partial charge in [0.2, 0.25) is 17.7 Å². The fourth-order valence-corrected chi connectivity index (χ4v) is 7.47. The highest BCUT2D eigenvalue weighted by Gasteiger charge is 2.60. The molecular formula is C24H34F2N8O6S. The predicted octanol–water partition coefficient (Wildman–Crippen LogP) is -1.81. The van der Waals surface area contributed by atoms with Crippen LogP contribution in [0.2, 0.25) is 0 Å². The lowest BCUT2D eigenvalue weighted by atomic mass is 9.78.